The van der Waals surface area contributed by atoms with Crippen molar-refractivity contribution in [2.24, 2.45) is 0 Å². The van der Waals surface area contributed by atoms with Crippen LogP contribution in [-0.4, -0.2) is 20.9 Å². The quantitative estimate of drug-likeness (QED) is 0.422. The van der Waals surface area contributed by atoms with Gasteiger partial charge in [0.25, 0.3) is 0 Å². The van der Waals surface area contributed by atoms with E-state index in [1.807, 2.05) is 6.07 Å². The minimum atomic E-state index is -0.400. The molecule has 0 aliphatic carbocycles. The predicted octanol–water partition coefficient (Wildman–Crippen LogP) is 2.33. The topological polar surface area (TPSA) is 56.5 Å². The first-order valence-electron chi connectivity index (χ1n) is 6.88. The number of esters is 1. The smallest absolute Gasteiger partial charge is 0.310 e. The van der Waals surface area contributed by atoms with Crippen molar-refractivity contribution in [1.82, 2.24) is 0 Å². The van der Waals surface area contributed by atoms with Gasteiger partial charge >= 0.3 is 5.97 Å². The second kappa shape index (κ2) is 5.68. The van der Waals surface area contributed by atoms with Gasteiger partial charge in [-0.1, -0.05) is 30.1 Å². The molecule has 0 amide bonds. The molecular weight excluding hydrogens is 279 g/mol. The van der Waals surface area contributed by atoms with E-state index in [1.165, 1.54) is 7.11 Å². The van der Waals surface area contributed by atoms with Crippen LogP contribution in [0.5, 0.6) is 0 Å². The molecule has 0 saturated heterocycles. The molecule has 0 aliphatic rings. The minimum Gasteiger partial charge on any atom is -0.469 e. The number of hydrogen-bond donors (Lipinski definition) is 0. The summed E-state index contributed by atoms with van der Waals surface area (Å²) in [4.78, 5) is 24.3. The van der Waals surface area contributed by atoms with Gasteiger partial charge in [-0.2, -0.15) is 0 Å². The standard InChI is InChI=1S/C17H13BO4/c1-21-15(19)8-11-3-2-4-14-16(11)17(20)12-7-10(9-18)5-6-13(12)22-14/h2-7H,8-9H2,1H3. The molecule has 0 saturated carbocycles. The molecule has 0 spiro atoms. The van der Waals surface area contributed by atoms with Crippen molar-refractivity contribution in [2.75, 3.05) is 7.11 Å². The number of benzene rings is 2. The number of rotatable bonds is 3. The van der Waals surface area contributed by atoms with Gasteiger partial charge in [-0.3, -0.25) is 9.59 Å². The van der Waals surface area contributed by atoms with Crippen LogP contribution in [0.2, 0.25) is 0 Å². The molecule has 3 aromatic rings. The Hall–Kier alpha value is -2.56. The van der Waals surface area contributed by atoms with Gasteiger partial charge in [-0.25, -0.2) is 0 Å². The van der Waals surface area contributed by atoms with Gasteiger partial charge in [0.1, 0.15) is 11.2 Å². The monoisotopic (exact) mass is 292 g/mol. The fraction of sp³-hybridized carbons (Fsp3) is 0.176. The molecule has 0 fully saturated rings. The van der Waals surface area contributed by atoms with Crippen molar-refractivity contribution in [1.29, 1.82) is 0 Å². The lowest BCUT2D eigenvalue weighted by molar-refractivity contribution is -0.139. The fourth-order valence-electron chi connectivity index (χ4n) is 2.52. The van der Waals surface area contributed by atoms with Gasteiger partial charge in [-0.05, 0) is 23.8 Å². The molecule has 0 bridgehead atoms. The second-order valence-electron chi connectivity index (χ2n) is 5.01. The van der Waals surface area contributed by atoms with E-state index in [1.54, 1.807) is 30.3 Å². The summed E-state index contributed by atoms with van der Waals surface area (Å²) in [6.07, 6.45) is 0.373. The highest BCUT2D eigenvalue weighted by Crippen LogP contribution is 2.22. The van der Waals surface area contributed by atoms with Crippen molar-refractivity contribution in [3.05, 3.63) is 57.7 Å². The molecule has 108 valence electrons. The van der Waals surface area contributed by atoms with E-state index in [2.05, 4.69) is 4.74 Å². The molecule has 2 radical (unpaired) electrons. The van der Waals surface area contributed by atoms with Crippen LogP contribution in [0.15, 0.2) is 45.6 Å². The highest BCUT2D eigenvalue weighted by Gasteiger charge is 2.14. The summed E-state index contributed by atoms with van der Waals surface area (Å²) in [5, 5.41) is 0.877. The highest BCUT2D eigenvalue weighted by molar-refractivity contribution is 6.08. The average molecular weight is 292 g/mol. The first-order valence-corrected chi connectivity index (χ1v) is 6.88. The Morgan fingerprint density at radius 3 is 2.77 bits per heavy atom. The van der Waals surface area contributed by atoms with Crippen molar-refractivity contribution in [3.63, 3.8) is 0 Å². The Bertz CT molecular complexity index is 927. The summed E-state index contributed by atoms with van der Waals surface area (Å²) >= 11 is 0. The predicted molar refractivity (Wildman–Crippen MR) is 85.2 cm³/mol. The zero-order valence-electron chi connectivity index (χ0n) is 12.1. The Labute approximate surface area is 128 Å². The molecule has 4 nitrogen and oxygen atoms in total. The molecule has 0 aliphatic heterocycles. The fourth-order valence-corrected chi connectivity index (χ4v) is 2.52. The van der Waals surface area contributed by atoms with E-state index in [9.17, 15) is 9.59 Å². The van der Waals surface area contributed by atoms with Crippen LogP contribution in [0.3, 0.4) is 0 Å². The maximum absolute atomic E-state index is 12.8. The van der Waals surface area contributed by atoms with Crippen LogP contribution in [-0.2, 0) is 22.3 Å². The molecule has 2 aromatic carbocycles. The summed E-state index contributed by atoms with van der Waals surface area (Å²) < 4.78 is 10.5. The molecular formula is C17H13BO4. The Kier molecular flexibility index (Phi) is 3.71. The van der Waals surface area contributed by atoms with E-state index in [0.717, 1.165) is 5.56 Å². The number of carbonyl (C=O) groups excluding carboxylic acids is 1. The summed E-state index contributed by atoms with van der Waals surface area (Å²) in [6, 6.07) is 10.5. The maximum atomic E-state index is 12.8. The van der Waals surface area contributed by atoms with Crippen LogP contribution in [0, 0.1) is 0 Å². The number of ether oxygens (including phenoxy) is 1. The first-order chi connectivity index (χ1) is 10.6. The van der Waals surface area contributed by atoms with E-state index in [4.69, 9.17) is 12.3 Å². The zero-order valence-corrected chi connectivity index (χ0v) is 12.1. The Morgan fingerprint density at radius 1 is 1.23 bits per heavy atom. The third-order valence-electron chi connectivity index (χ3n) is 3.65. The van der Waals surface area contributed by atoms with Crippen molar-refractivity contribution >= 4 is 35.8 Å². The van der Waals surface area contributed by atoms with Crippen LogP contribution >= 0.6 is 0 Å². The van der Waals surface area contributed by atoms with Crippen LogP contribution in [0.1, 0.15) is 11.1 Å². The van der Waals surface area contributed by atoms with E-state index in [-0.39, 0.29) is 11.8 Å². The summed E-state index contributed by atoms with van der Waals surface area (Å²) in [6.45, 7) is 0. The molecule has 0 unspecified atom stereocenters. The van der Waals surface area contributed by atoms with E-state index in [0.29, 0.717) is 33.8 Å². The number of carbonyl (C=O) groups is 1. The molecule has 5 heteroatoms. The highest BCUT2D eigenvalue weighted by atomic mass is 16.5. The van der Waals surface area contributed by atoms with E-state index < -0.39 is 5.97 Å². The number of methoxy groups -OCH3 is 1. The number of fused-ring (bicyclic) bond motifs is 2. The van der Waals surface area contributed by atoms with Gasteiger partial charge in [0, 0.05) is 0 Å². The number of hydrogen-bond acceptors (Lipinski definition) is 4. The zero-order chi connectivity index (χ0) is 15.7. The summed E-state index contributed by atoms with van der Waals surface area (Å²) in [7, 11) is 6.94. The van der Waals surface area contributed by atoms with Gasteiger partial charge < -0.3 is 9.15 Å². The molecule has 3 rings (SSSR count). The summed E-state index contributed by atoms with van der Waals surface area (Å²) in [5.74, 6) is -0.400. The van der Waals surface area contributed by atoms with Crippen molar-refractivity contribution in [3.8, 4) is 0 Å². The SMILES string of the molecule is [B]Cc1ccc2oc3cccc(CC(=O)OC)c3c(=O)c2c1. The minimum absolute atomic E-state index is 0.0285. The third-order valence-corrected chi connectivity index (χ3v) is 3.65. The lowest BCUT2D eigenvalue weighted by atomic mass is 9.95. The van der Waals surface area contributed by atoms with E-state index >= 15 is 0 Å². The average Bonchev–Trinajstić information content (AvgIpc) is 2.54. The molecule has 0 atom stereocenters. The summed E-state index contributed by atoms with van der Waals surface area (Å²) in [5.41, 5.74) is 2.25. The lowest BCUT2D eigenvalue weighted by Crippen LogP contribution is -2.10. The largest absolute Gasteiger partial charge is 0.469 e. The first kappa shape index (κ1) is 14.4. The Morgan fingerprint density at radius 2 is 2.05 bits per heavy atom. The van der Waals surface area contributed by atoms with Crippen molar-refractivity contribution in [2.45, 2.75) is 12.7 Å². The van der Waals surface area contributed by atoms with Crippen LogP contribution in [0.4, 0.5) is 0 Å². The molecule has 0 N–H and O–H groups in total. The van der Waals surface area contributed by atoms with Crippen LogP contribution in [0.25, 0.3) is 21.9 Å². The molecule has 1 aromatic heterocycles. The third kappa shape index (κ3) is 2.39. The maximum Gasteiger partial charge on any atom is 0.310 e. The van der Waals surface area contributed by atoms with Gasteiger partial charge in [-0.15, -0.1) is 0 Å². The molecule has 22 heavy (non-hydrogen) atoms. The Balaban J connectivity index is 2.33. The van der Waals surface area contributed by atoms with Gasteiger partial charge in [0.05, 0.1) is 32.1 Å². The van der Waals surface area contributed by atoms with Gasteiger partial charge in [0.15, 0.2) is 0 Å². The van der Waals surface area contributed by atoms with Crippen molar-refractivity contribution < 1.29 is 13.9 Å². The lowest BCUT2D eigenvalue weighted by Gasteiger charge is -2.07. The van der Waals surface area contributed by atoms with Gasteiger partial charge in [0.2, 0.25) is 5.43 Å². The van der Waals surface area contributed by atoms with Crippen LogP contribution < -0.4 is 5.43 Å². The molecule has 1 heterocycles. The second-order valence-corrected chi connectivity index (χ2v) is 5.01. The normalized spacial score (nSPS) is 11.0.